The van der Waals surface area contributed by atoms with E-state index in [1.807, 2.05) is 32.0 Å². The fraction of sp³-hybridized carbons (Fsp3) is 0.385. The molecule has 2 fully saturated rings. The highest BCUT2D eigenvalue weighted by Gasteiger charge is 2.42. The second kappa shape index (κ2) is 9.52. The number of carbonyl (C=O) groups is 2. The van der Waals surface area contributed by atoms with Gasteiger partial charge in [-0.05, 0) is 68.4 Å². The van der Waals surface area contributed by atoms with Crippen molar-refractivity contribution in [2.45, 2.75) is 33.1 Å². The highest BCUT2D eigenvalue weighted by molar-refractivity contribution is 5.92. The number of rotatable bonds is 3. The topological polar surface area (TPSA) is 52.7 Å². The molecule has 0 saturated carbocycles. The van der Waals surface area contributed by atoms with Gasteiger partial charge in [-0.25, -0.2) is 18.0 Å². The lowest BCUT2D eigenvalue weighted by Crippen LogP contribution is -2.46. The van der Waals surface area contributed by atoms with E-state index < -0.39 is 17.5 Å². The average molecular weight is 472 g/mol. The summed E-state index contributed by atoms with van der Waals surface area (Å²) in [5.41, 5.74) is 2.73. The van der Waals surface area contributed by atoms with Crippen molar-refractivity contribution >= 4 is 23.7 Å². The summed E-state index contributed by atoms with van der Waals surface area (Å²) in [5, 5.41) is 2.99. The maximum Gasteiger partial charge on any atom is 0.321 e. The molecule has 4 rings (SSSR count). The van der Waals surface area contributed by atoms with Crippen LogP contribution in [0.1, 0.15) is 36.0 Å². The zero-order chi connectivity index (χ0) is 24.5. The van der Waals surface area contributed by atoms with Crippen LogP contribution in [0.2, 0.25) is 0 Å². The van der Waals surface area contributed by atoms with Gasteiger partial charge >= 0.3 is 6.03 Å². The lowest BCUT2D eigenvalue weighted by Gasteiger charge is -2.39. The molecule has 8 heteroatoms. The number of nitrogens with zero attached hydrogens (tertiary/aromatic N) is 2. The van der Waals surface area contributed by atoms with Gasteiger partial charge in [0.1, 0.15) is 0 Å². The van der Waals surface area contributed by atoms with E-state index in [1.165, 1.54) is 12.2 Å². The molecule has 0 atom stereocenters. The molecule has 0 aliphatic carbocycles. The van der Waals surface area contributed by atoms with E-state index in [2.05, 4.69) is 5.32 Å². The van der Waals surface area contributed by atoms with E-state index in [-0.39, 0.29) is 22.9 Å². The monoisotopic (exact) mass is 471 g/mol. The van der Waals surface area contributed by atoms with Crippen LogP contribution in [0, 0.1) is 36.7 Å². The molecule has 180 valence electrons. The Morgan fingerprint density at radius 2 is 1.62 bits per heavy atom. The van der Waals surface area contributed by atoms with Crippen molar-refractivity contribution in [2.24, 2.45) is 5.41 Å². The van der Waals surface area contributed by atoms with E-state index in [1.54, 1.807) is 9.80 Å². The van der Waals surface area contributed by atoms with Gasteiger partial charge in [0.15, 0.2) is 17.5 Å². The number of hydrogen-bond donors (Lipinski definition) is 1. The minimum Gasteiger partial charge on any atom is -0.339 e. The van der Waals surface area contributed by atoms with Crippen molar-refractivity contribution in [3.8, 4) is 0 Å². The summed E-state index contributed by atoms with van der Waals surface area (Å²) in [5.74, 6) is -4.43. The molecule has 0 unspecified atom stereocenters. The number of amides is 3. The molecule has 2 saturated heterocycles. The van der Waals surface area contributed by atoms with Crippen molar-refractivity contribution in [2.75, 3.05) is 31.5 Å². The predicted octanol–water partition coefficient (Wildman–Crippen LogP) is 5.28. The van der Waals surface area contributed by atoms with Crippen LogP contribution in [0.25, 0.3) is 6.08 Å². The van der Waals surface area contributed by atoms with Crippen molar-refractivity contribution in [1.29, 1.82) is 0 Å². The van der Waals surface area contributed by atoms with Gasteiger partial charge in [0, 0.05) is 43.5 Å². The summed E-state index contributed by atoms with van der Waals surface area (Å²) in [6.45, 7) is 6.31. The fourth-order valence-electron chi connectivity index (χ4n) is 4.80. The van der Waals surface area contributed by atoms with Gasteiger partial charge in [-0.2, -0.15) is 0 Å². The lowest BCUT2D eigenvalue weighted by molar-refractivity contribution is -0.125. The highest BCUT2D eigenvalue weighted by Crippen LogP contribution is 2.40. The van der Waals surface area contributed by atoms with Crippen LogP contribution < -0.4 is 5.32 Å². The molecule has 34 heavy (non-hydrogen) atoms. The van der Waals surface area contributed by atoms with Gasteiger partial charge < -0.3 is 15.1 Å². The number of hydrogen-bond acceptors (Lipinski definition) is 2. The summed E-state index contributed by atoms with van der Waals surface area (Å²) >= 11 is 0. The Labute approximate surface area is 197 Å². The third-order valence-corrected chi connectivity index (χ3v) is 6.96. The van der Waals surface area contributed by atoms with E-state index in [0.29, 0.717) is 26.2 Å². The second-order valence-electron chi connectivity index (χ2n) is 9.34. The molecule has 2 aliphatic rings. The molecule has 3 amide bonds. The van der Waals surface area contributed by atoms with Gasteiger partial charge in [-0.3, -0.25) is 4.79 Å². The third-order valence-electron chi connectivity index (χ3n) is 6.96. The molecular weight excluding hydrogens is 443 g/mol. The SMILES string of the molecule is Cc1ccc(NC(=O)N2CCC3(CCN(C(=O)C=Cc4ccc(F)c(F)c4F)C3)CC2)c(C)c1. The van der Waals surface area contributed by atoms with E-state index in [9.17, 15) is 22.8 Å². The van der Waals surface area contributed by atoms with Crippen LogP contribution in [0.15, 0.2) is 36.4 Å². The molecule has 5 nitrogen and oxygen atoms in total. The van der Waals surface area contributed by atoms with Gasteiger partial charge in [0.2, 0.25) is 5.91 Å². The standard InChI is InChI=1S/C26H28F3N3O2/c1-17-3-7-21(18(2)15-17)30-25(34)31-12-9-26(10-13-31)11-14-32(16-26)22(33)8-5-19-4-6-20(27)24(29)23(19)28/h3-8,15H,9-14,16H2,1-2H3,(H,30,34). The van der Waals surface area contributed by atoms with Crippen LogP contribution in [0.5, 0.6) is 0 Å². The molecule has 2 aromatic rings. The van der Waals surface area contributed by atoms with Crippen LogP contribution in [-0.2, 0) is 4.79 Å². The molecule has 0 bridgehead atoms. The summed E-state index contributed by atoms with van der Waals surface area (Å²) in [6.07, 6.45) is 4.78. The van der Waals surface area contributed by atoms with Gasteiger partial charge in [-0.15, -0.1) is 0 Å². The van der Waals surface area contributed by atoms with Gasteiger partial charge in [0.25, 0.3) is 0 Å². The Kier molecular flexibility index (Phi) is 6.68. The lowest BCUT2D eigenvalue weighted by atomic mass is 9.78. The smallest absolute Gasteiger partial charge is 0.321 e. The molecular formula is C26H28F3N3O2. The fourth-order valence-corrected chi connectivity index (χ4v) is 4.80. The van der Waals surface area contributed by atoms with E-state index in [4.69, 9.17) is 0 Å². The van der Waals surface area contributed by atoms with Crippen molar-refractivity contribution < 1.29 is 22.8 Å². The number of halogens is 3. The molecule has 2 heterocycles. The van der Waals surface area contributed by atoms with Crippen molar-refractivity contribution in [1.82, 2.24) is 9.80 Å². The first-order valence-corrected chi connectivity index (χ1v) is 11.4. The molecule has 2 aliphatic heterocycles. The first-order chi connectivity index (χ1) is 16.2. The average Bonchev–Trinajstić information content (AvgIpc) is 3.22. The number of piperidine rings is 1. The summed E-state index contributed by atoms with van der Waals surface area (Å²) in [6, 6.07) is 7.71. The van der Waals surface area contributed by atoms with Crippen LogP contribution in [0.3, 0.4) is 0 Å². The summed E-state index contributed by atoms with van der Waals surface area (Å²) in [7, 11) is 0. The molecule has 1 spiro atoms. The van der Waals surface area contributed by atoms with Crippen molar-refractivity contribution in [3.63, 3.8) is 0 Å². The van der Waals surface area contributed by atoms with Gasteiger partial charge in [0.05, 0.1) is 0 Å². The quantitative estimate of drug-likeness (QED) is 0.489. The second-order valence-corrected chi connectivity index (χ2v) is 9.34. The maximum atomic E-state index is 13.8. The Bertz CT molecular complexity index is 1140. The summed E-state index contributed by atoms with van der Waals surface area (Å²) in [4.78, 5) is 28.8. The zero-order valence-electron chi connectivity index (χ0n) is 19.3. The van der Waals surface area contributed by atoms with E-state index >= 15 is 0 Å². The highest BCUT2D eigenvalue weighted by atomic mass is 19.2. The van der Waals surface area contributed by atoms with Crippen LogP contribution in [-0.4, -0.2) is 47.9 Å². The first-order valence-electron chi connectivity index (χ1n) is 11.4. The number of benzene rings is 2. The number of nitrogens with one attached hydrogen (secondary N) is 1. The number of likely N-dealkylation sites (tertiary alicyclic amines) is 2. The van der Waals surface area contributed by atoms with Crippen molar-refractivity contribution in [3.05, 3.63) is 70.5 Å². The van der Waals surface area contributed by atoms with Gasteiger partial charge in [-0.1, -0.05) is 17.7 Å². The predicted molar refractivity (Wildman–Crippen MR) is 125 cm³/mol. The largest absolute Gasteiger partial charge is 0.339 e. The molecule has 0 radical (unpaired) electrons. The Morgan fingerprint density at radius 1 is 0.941 bits per heavy atom. The molecule has 0 aromatic heterocycles. The molecule has 1 N–H and O–H groups in total. The minimum absolute atomic E-state index is 0.0483. The Hall–Kier alpha value is -3.29. The maximum absolute atomic E-state index is 13.8. The summed E-state index contributed by atoms with van der Waals surface area (Å²) < 4.78 is 40.3. The zero-order valence-corrected chi connectivity index (χ0v) is 19.3. The Morgan fingerprint density at radius 3 is 2.29 bits per heavy atom. The number of aryl methyl sites for hydroxylation is 2. The third kappa shape index (κ3) is 4.95. The Balaban J connectivity index is 1.31. The first kappa shape index (κ1) is 23.9. The number of urea groups is 1. The number of carbonyl (C=O) groups excluding carboxylic acids is 2. The minimum atomic E-state index is -1.55. The van der Waals surface area contributed by atoms with Crippen LogP contribution in [0.4, 0.5) is 23.7 Å². The normalized spacial score (nSPS) is 17.6. The molecule has 2 aromatic carbocycles. The number of anilines is 1. The van der Waals surface area contributed by atoms with E-state index in [0.717, 1.165) is 48.2 Å². The van der Waals surface area contributed by atoms with Crippen LogP contribution >= 0.6 is 0 Å².